The van der Waals surface area contributed by atoms with Crippen LogP contribution >= 0.6 is 0 Å². The van der Waals surface area contributed by atoms with Crippen LogP contribution < -0.4 is 0 Å². The van der Waals surface area contributed by atoms with Gasteiger partial charge in [0.2, 0.25) is 0 Å². The van der Waals surface area contributed by atoms with Crippen molar-refractivity contribution in [1.29, 1.82) is 0 Å². The number of nitrogens with zero attached hydrogens (tertiary/aromatic N) is 1. The van der Waals surface area contributed by atoms with Crippen molar-refractivity contribution in [2.24, 2.45) is 5.92 Å². The number of aromatic hydroxyl groups is 1. The number of hydrogen-bond donors (Lipinski definition) is 1. The van der Waals surface area contributed by atoms with Gasteiger partial charge >= 0.3 is 5.97 Å². The molecule has 2 atom stereocenters. The summed E-state index contributed by atoms with van der Waals surface area (Å²) in [4.78, 5) is 13.1. The minimum Gasteiger partial charge on any atom is -0.508 e. The number of esters is 1. The average Bonchev–Trinajstić information content (AvgIpc) is 2.58. The van der Waals surface area contributed by atoms with Gasteiger partial charge in [-0.05, 0) is 73.7 Å². The van der Waals surface area contributed by atoms with Crippen molar-refractivity contribution < 1.29 is 14.6 Å². The van der Waals surface area contributed by atoms with Gasteiger partial charge in [-0.15, -0.1) is 0 Å². The van der Waals surface area contributed by atoms with Gasteiger partial charge in [-0.25, -0.2) is 0 Å². The molecule has 132 valence electrons. The minimum atomic E-state index is -0.233. The first kappa shape index (κ1) is 17.3. The molecule has 0 bridgehead atoms. The van der Waals surface area contributed by atoms with Crippen molar-refractivity contribution in [2.75, 3.05) is 20.3 Å². The monoisotopic (exact) mass is 331 g/mol. The van der Waals surface area contributed by atoms with E-state index in [9.17, 15) is 9.90 Å². The lowest BCUT2D eigenvalue weighted by atomic mass is 9.56. The van der Waals surface area contributed by atoms with Crippen LogP contribution in [0.3, 0.4) is 0 Å². The van der Waals surface area contributed by atoms with Crippen LogP contribution in [0.15, 0.2) is 18.2 Å². The highest BCUT2D eigenvalue weighted by molar-refractivity contribution is 5.65. The molecule has 0 aromatic heterocycles. The maximum atomic E-state index is 11.0. The summed E-state index contributed by atoms with van der Waals surface area (Å²) in [5.74, 6) is 0.860. The van der Waals surface area contributed by atoms with Gasteiger partial charge in [-0.2, -0.15) is 0 Å². The van der Waals surface area contributed by atoms with Crippen molar-refractivity contribution in [3.05, 3.63) is 29.3 Å². The third kappa shape index (κ3) is 3.44. The van der Waals surface area contributed by atoms with Gasteiger partial charge in [-0.1, -0.05) is 18.9 Å². The summed E-state index contributed by atoms with van der Waals surface area (Å²) in [6.07, 6.45) is 8.53. The molecular weight excluding hydrogens is 302 g/mol. The number of phenols is 1. The molecule has 1 N–H and O–H groups in total. The van der Waals surface area contributed by atoms with Crippen molar-refractivity contribution in [3.63, 3.8) is 0 Å². The summed E-state index contributed by atoms with van der Waals surface area (Å²) in [5.41, 5.74) is 2.96. The lowest BCUT2D eigenvalue weighted by molar-refractivity contribution is -0.145. The number of fused-ring (bicyclic) bond motifs is 3. The fourth-order valence-electron chi connectivity index (χ4n) is 4.78. The zero-order valence-electron chi connectivity index (χ0n) is 14.9. The van der Waals surface area contributed by atoms with Gasteiger partial charge in [0.1, 0.15) is 12.5 Å². The van der Waals surface area contributed by atoms with Crippen molar-refractivity contribution in [1.82, 2.24) is 4.90 Å². The van der Waals surface area contributed by atoms with Crippen molar-refractivity contribution in [2.45, 2.75) is 57.3 Å². The molecular formula is C20H29NO3. The third-order valence-corrected chi connectivity index (χ3v) is 6.03. The van der Waals surface area contributed by atoms with Crippen LogP contribution in [0.2, 0.25) is 0 Å². The van der Waals surface area contributed by atoms with Gasteiger partial charge in [-0.3, -0.25) is 9.69 Å². The second-order valence-corrected chi connectivity index (χ2v) is 7.57. The van der Waals surface area contributed by atoms with Crippen molar-refractivity contribution in [3.8, 4) is 5.75 Å². The molecule has 1 unspecified atom stereocenters. The second kappa shape index (κ2) is 7.14. The van der Waals surface area contributed by atoms with Crippen molar-refractivity contribution >= 4 is 5.97 Å². The molecule has 0 amide bonds. The highest BCUT2D eigenvalue weighted by atomic mass is 16.5. The summed E-state index contributed by atoms with van der Waals surface area (Å²) in [5, 5.41) is 10.0. The van der Waals surface area contributed by atoms with E-state index in [1.807, 2.05) is 19.2 Å². The number of rotatable bonds is 5. The molecule has 4 nitrogen and oxygen atoms in total. The maximum Gasteiger partial charge on any atom is 0.303 e. The lowest BCUT2D eigenvalue weighted by Gasteiger charge is -2.49. The molecule has 1 saturated carbocycles. The van der Waals surface area contributed by atoms with Gasteiger partial charge in [0, 0.05) is 13.5 Å². The Morgan fingerprint density at radius 1 is 1.38 bits per heavy atom. The standard InChI is InChI=1S/C20H29NO3/c1-15(22)24-14-21(2)12-11-20-10-4-3-5-17(20)8-6-16-7-9-18(23)13-19(16)20/h7,9,13,17,23H,3-6,8,10-12,14H2,1-2H3/t17-,20?/m1/s1. The van der Waals surface area contributed by atoms with Gasteiger partial charge in [0.05, 0.1) is 0 Å². The topological polar surface area (TPSA) is 49.8 Å². The summed E-state index contributed by atoms with van der Waals surface area (Å²) in [7, 11) is 2.00. The van der Waals surface area contributed by atoms with Crippen LogP contribution in [0.4, 0.5) is 0 Å². The molecule has 0 heterocycles. The third-order valence-electron chi connectivity index (χ3n) is 6.03. The molecule has 0 saturated heterocycles. The maximum absolute atomic E-state index is 11.0. The Kier molecular flexibility index (Phi) is 5.14. The van der Waals surface area contributed by atoms with Crippen LogP contribution in [-0.4, -0.2) is 36.3 Å². The molecule has 2 aliphatic carbocycles. The fraction of sp³-hybridized carbons (Fsp3) is 0.650. The van der Waals surface area contributed by atoms with E-state index in [1.165, 1.54) is 50.2 Å². The van der Waals surface area contributed by atoms with E-state index < -0.39 is 0 Å². The normalized spacial score (nSPS) is 25.9. The fourth-order valence-corrected chi connectivity index (χ4v) is 4.78. The number of aryl methyl sites for hydroxylation is 1. The lowest BCUT2D eigenvalue weighted by Crippen LogP contribution is -2.44. The summed E-state index contributed by atoms with van der Waals surface area (Å²) in [6.45, 7) is 2.70. The van der Waals surface area contributed by atoms with Gasteiger partial charge in [0.15, 0.2) is 0 Å². The molecule has 0 spiro atoms. The second-order valence-electron chi connectivity index (χ2n) is 7.57. The highest BCUT2D eigenvalue weighted by Crippen LogP contribution is 2.52. The molecule has 0 radical (unpaired) electrons. The molecule has 2 aliphatic rings. The van der Waals surface area contributed by atoms with Crippen LogP contribution in [-0.2, 0) is 21.4 Å². The number of carbonyl (C=O) groups excluding carboxylic acids is 1. The van der Waals surface area contributed by atoms with E-state index >= 15 is 0 Å². The van der Waals surface area contributed by atoms with E-state index in [4.69, 9.17) is 4.74 Å². The van der Waals surface area contributed by atoms with Crippen LogP contribution in [0, 0.1) is 5.92 Å². The molecule has 4 heteroatoms. The summed E-state index contributed by atoms with van der Waals surface area (Å²) in [6, 6.07) is 5.95. The highest BCUT2D eigenvalue weighted by Gasteiger charge is 2.45. The predicted octanol–water partition coefficient (Wildman–Crippen LogP) is 3.61. The average molecular weight is 331 g/mol. The summed E-state index contributed by atoms with van der Waals surface area (Å²) < 4.78 is 5.11. The predicted molar refractivity (Wildman–Crippen MR) is 93.9 cm³/mol. The van der Waals surface area contributed by atoms with Gasteiger partial charge < -0.3 is 9.84 Å². The Labute approximate surface area is 144 Å². The Bertz CT molecular complexity index is 601. The SMILES string of the molecule is CC(=O)OCN(C)CCC12CCCC[C@@H]1CCc1ccc(O)cc12. The first-order valence-corrected chi connectivity index (χ1v) is 9.15. The quantitative estimate of drug-likeness (QED) is 0.661. The molecule has 24 heavy (non-hydrogen) atoms. The first-order chi connectivity index (χ1) is 11.5. The molecule has 0 aliphatic heterocycles. The zero-order valence-corrected chi connectivity index (χ0v) is 14.9. The van der Waals surface area contributed by atoms with Crippen LogP contribution in [0.25, 0.3) is 0 Å². The molecule has 1 aromatic rings. The molecule has 3 rings (SSSR count). The van der Waals surface area contributed by atoms with E-state index in [0.717, 1.165) is 19.4 Å². The molecule has 1 fully saturated rings. The minimum absolute atomic E-state index is 0.176. The van der Waals surface area contributed by atoms with Crippen LogP contribution in [0.1, 0.15) is 56.6 Å². The smallest absolute Gasteiger partial charge is 0.303 e. The number of benzene rings is 1. The number of phenolic OH excluding ortho intramolecular Hbond substituents is 1. The zero-order chi connectivity index (χ0) is 17.2. The Balaban J connectivity index is 1.81. The largest absolute Gasteiger partial charge is 0.508 e. The van der Waals surface area contributed by atoms with E-state index in [0.29, 0.717) is 18.4 Å². The number of carbonyl (C=O) groups is 1. The number of ether oxygens (including phenoxy) is 1. The van der Waals surface area contributed by atoms with E-state index in [2.05, 4.69) is 11.0 Å². The number of hydrogen-bond acceptors (Lipinski definition) is 4. The Morgan fingerprint density at radius 3 is 3.00 bits per heavy atom. The Hall–Kier alpha value is -1.55. The summed E-state index contributed by atoms with van der Waals surface area (Å²) >= 11 is 0. The first-order valence-electron chi connectivity index (χ1n) is 9.15. The Morgan fingerprint density at radius 2 is 2.21 bits per heavy atom. The molecule has 1 aromatic carbocycles. The van der Waals surface area contributed by atoms with E-state index in [-0.39, 0.29) is 11.4 Å². The van der Waals surface area contributed by atoms with Gasteiger partial charge in [0.25, 0.3) is 0 Å². The van der Waals surface area contributed by atoms with E-state index in [1.54, 1.807) is 0 Å². The van der Waals surface area contributed by atoms with Crippen LogP contribution in [0.5, 0.6) is 5.75 Å².